The fourth-order valence-corrected chi connectivity index (χ4v) is 3.53. The molecule has 2 aromatic heterocycles. The molecule has 170 valence electrons. The van der Waals surface area contributed by atoms with Crippen molar-refractivity contribution in [3.8, 4) is 0 Å². The van der Waals surface area contributed by atoms with Crippen LogP contribution in [-0.4, -0.2) is 48.0 Å². The number of aliphatic imine (C=N–C) groups is 1. The Morgan fingerprint density at radius 1 is 1.26 bits per heavy atom. The van der Waals surface area contributed by atoms with Crippen LogP contribution in [0, 0.1) is 13.8 Å². The number of nitrogens with zero attached hydrogens (tertiary/aromatic N) is 3. The van der Waals surface area contributed by atoms with E-state index in [9.17, 15) is 9.59 Å². The summed E-state index contributed by atoms with van der Waals surface area (Å²) in [7, 11) is 1.65. The zero-order chi connectivity index (χ0) is 22.1. The molecule has 0 spiro atoms. The molecule has 0 fully saturated rings. The number of anilines is 1. The van der Waals surface area contributed by atoms with Crippen molar-refractivity contribution >= 4 is 59.0 Å². The van der Waals surface area contributed by atoms with Crippen molar-refractivity contribution in [2.24, 2.45) is 4.99 Å². The molecule has 0 radical (unpaired) electrons. The topological polar surface area (TPSA) is 118 Å². The van der Waals surface area contributed by atoms with Crippen LogP contribution < -0.4 is 16.0 Å². The van der Waals surface area contributed by atoms with Crippen LogP contribution in [0.5, 0.6) is 0 Å². The number of esters is 1. The van der Waals surface area contributed by atoms with Crippen molar-refractivity contribution in [2.75, 3.05) is 25.5 Å². The van der Waals surface area contributed by atoms with Gasteiger partial charge in [-0.3, -0.25) is 9.79 Å². The maximum atomic E-state index is 12.1. The number of nitrogens with one attached hydrogen (secondary N) is 3. The number of carbonyl (C=O) groups is 2. The molecule has 0 saturated heterocycles. The molecule has 2 heterocycles. The fraction of sp³-hybridized carbons (Fsp3) is 0.450. The maximum Gasteiger partial charge on any atom is 0.350 e. The molecule has 0 aliphatic heterocycles. The molecule has 0 bridgehead atoms. The Labute approximate surface area is 203 Å². The van der Waals surface area contributed by atoms with Gasteiger partial charge in [-0.25, -0.2) is 14.8 Å². The molecule has 0 aliphatic carbocycles. The van der Waals surface area contributed by atoms with E-state index < -0.39 is 0 Å². The fourth-order valence-electron chi connectivity index (χ4n) is 2.56. The first-order valence-electron chi connectivity index (χ1n) is 9.69. The summed E-state index contributed by atoms with van der Waals surface area (Å²) in [5.74, 6) is 0.573. The van der Waals surface area contributed by atoms with E-state index in [0.717, 1.165) is 10.7 Å². The number of hydrogen-bond acceptors (Lipinski definition) is 7. The number of amides is 1. The Morgan fingerprint density at radius 3 is 2.65 bits per heavy atom. The number of aryl methyl sites for hydroxylation is 2. The zero-order valence-electron chi connectivity index (χ0n) is 18.3. The van der Waals surface area contributed by atoms with Gasteiger partial charge >= 0.3 is 5.97 Å². The smallest absolute Gasteiger partial charge is 0.350 e. The lowest BCUT2D eigenvalue weighted by atomic mass is 10.3. The number of halogens is 1. The summed E-state index contributed by atoms with van der Waals surface area (Å²) >= 11 is 1.30. The standard InChI is InChI=1S/C20H28N6O3S.HI/c1-6-29-19(28)17-13(3)24-18(30-17)14(4)25-20(21-5)22-11-10-16(27)26-15-9-7-8-12(2)23-15;/h7-9,14H,6,10-11H2,1-5H3,(H2,21,22,25)(H,23,26,27);1H. The zero-order valence-corrected chi connectivity index (χ0v) is 21.5. The van der Waals surface area contributed by atoms with Crippen molar-refractivity contribution in [1.29, 1.82) is 0 Å². The molecule has 2 rings (SSSR count). The number of rotatable bonds is 8. The third-order valence-electron chi connectivity index (χ3n) is 4.02. The highest BCUT2D eigenvalue weighted by molar-refractivity contribution is 14.0. The number of ether oxygens (including phenoxy) is 1. The van der Waals surface area contributed by atoms with Crippen molar-refractivity contribution in [3.05, 3.63) is 39.5 Å². The van der Waals surface area contributed by atoms with E-state index in [4.69, 9.17) is 4.74 Å². The van der Waals surface area contributed by atoms with Crippen LogP contribution >= 0.6 is 35.3 Å². The maximum absolute atomic E-state index is 12.1. The van der Waals surface area contributed by atoms with E-state index in [1.807, 2.05) is 26.0 Å². The van der Waals surface area contributed by atoms with Crippen molar-refractivity contribution in [3.63, 3.8) is 0 Å². The molecule has 0 saturated carbocycles. The molecule has 11 heteroatoms. The number of carbonyl (C=O) groups excluding carboxylic acids is 2. The van der Waals surface area contributed by atoms with E-state index in [0.29, 0.717) is 35.5 Å². The first kappa shape index (κ1) is 26.8. The average Bonchev–Trinajstić information content (AvgIpc) is 3.09. The third kappa shape index (κ3) is 8.40. The second-order valence-corrected chi connectivity index (χ2v) is 7.55. The summed E-state index contributed by atoms with van der Waals surface area (Å²) in [5, 5.41) is 9.84. The number of pyridine rings is 1. The summed E-state index contributed by atoms with van der Waals surface area (Å²) < 4.78 is 5.06. The van der Waals surface area contributed by atoms with Gasteiger partial charge in [0.25, 0.3) is 0 Å². The van der Waals surface area contributed by atoms with Gasteiger partial charge in [0.15, 0.2) is 5.96 Å². The lowest BCUT2D eigenvalue weighted by Crippen LogP contribution is -2.39. The minimum absolute atomic E-state index is 0. The second kappa shape index (κ2) is 13.2. The van der Waals surface area contributed by atoms with Gasteiger partial charge < -0.3 is 20.7 Å². The van der Waals surface area contributed by atoms with Crippen LogP contribution in [0.2, 0.25) is 0 Å². The second-order valence-electron chi connectivity index (χ2n) is 6.51. The van der Waals surface area contributed by atoms with E-state index in [1.165, 1.54) is 11.3 Å². The lowest BCUT2D eigenvalue weighted by Gasteiger charge is -2.16. The van der Waals surface area contributed by atoms with Crippen LogP contribution in [0.4, 0.5) is 5.82 Å². The Bertz CT molecular complexity index is 918. The minimum Gasteiger partial charge on any atom is -0.462 e. The van der Waals surface area contributed by atoms with Crippen LogP contribution in [0.15, 0.2) is 23.2 Å². The highest BCUT2D eigenvalue weighted by Crippen LogP contribution is 2.24. The van der Waals surface area contributed by atoms with Gasteiger partial charge in [0.2, 0.25) is 5.91 Å². The molecular formula is C20H29IN6O3S. The SMILES string of the molecule is CCOC(=O)c1sc(C(C)NC(=NC)NCCC(=O)Nc2cccc(C)n2)nc1C.I. The Balaban J connectivity index is 0.00000480. The normalized spacial score (nSPS) is 11.8. The van der Waals surface area contributed by atoms with Crippen LogP contribution in [-0.2, 0) is 9.53 Å². The summed E-state index contributed by atoms with van der Waals surface area (Å²) in [4.78, 5) is 37.5. The molecular weight excluding hydrogens is 531 g/mol. The van der Waals surface area contributed by atoms with Crippen molar-refractivity contribution < 1.29 is 14.3 Å². The molecule has 1 atom stereocenters. The van der Waals surface area contributed by atoms with Crippen LogP contribution in [0.25, 0.3) is 0 Å². The first-order valence-corrected chi connectivity index (χ1v) is 10.5. The summed E-state index contributed by atoms with van der Waals surface area (Å²) in [6.07, 6.45) is 0.258. The molecule has 2 aromatic rings. The van der Waals surface area contributed by atoms with Gasteiger partial charge in [-0.05, 0) is 39.8 Å². The first-order chi connectivity index (χ1) is 14.3. The van der Waals surface area contributed by atoms with Crippen LogP contribution in [0.1, 0.15) is 52.4 Å². The molecule has 1 amide bonds. The quantitative estimate of drug-likeness (QED) is 0.197. The predicted octanol–water partition coefficient (Wildman–Crippen LogP) is 3.20. The minimum atomic E-state index is -0.359. The number of guanidine groups is 1. The van der Waals surface area contributed by atoms with Gasteiger partial charge in [0.1, 0.15) is 15.7 Å². The Morgan fingerprint density at radius 2 is 2.00 bits per heavy atom. The van der Waals surface area contributed by atoms with Gasteiger partial charge in [-0.15, -0.1) is 35.3 Å². The lowest BCUT2D eigenvalue weighted by molar-refractivity contribution is -0.116. The van der Waals surface area contributed by atoms with E-state index in [-0.39, 0.29) is 48.3 Å². The summed E-state index contributed by atoms with van der Waals surface area (Å²) in [6, 6.07) is 5.29. The Kier molecular flexibility index (Phi) is 11.4. The van der Waals surface area contributed by atoms with Gasteiger partial charge in [0.05, 0.1) is 18.3 Å². The molecule has 9 nitrogen and oxygen atoms in total. The largest absolute Gasteiger partial charge is 0.462 e. The summed E-state index contributed by atoms with van der Waals surface area (Å²) in [5.41, 5.74) is 1.49. The monoisotopic (exact) mass is 560 g/mol. The van der Waals surface area contributed by atoms with Crippen molar-refractivity contribution in [1.82, 2.24) is 20.6 Å². The number of hydrogen-bond donors (Lipinski definition) is 3. The van der Waals surface area contributed by atoms with E-state index >= 15 is 0 Å². The highest BCUT2D eigenvalue weighted by atomic mass is 127. The van der Waals surface area contributed by atoms with Gasteiger partial charge in [0, 0.05) is 25.7 Å². The summed E-state index contributed by atoms with van der Waals surface area (Å²) in [6.45, 7) is 8.07. The van der Waals surface area contributed by atoms with Crippen molar-refractivity contribution in [2.45, 2.75) is 40.2 Å². The number of aromatic nitrogens is 2. The Hall–Kier alpha value is -2.28. The molecule has 31 heavy (non-hydrogen) atoms. The average molecular weight is 560 g/mol. The van der Waals surface area contributed by atoms with Gasteiger partial charge in [-0.1, -0.05) is 6.07 Å². The predicted molar refractivity (Wildman–Crippen MR) is 133 cm³/mol. The molecule has 0 aliphatic rings. The van der Waals surface area contributed by atoms with Crippen LogP contribution in [0.3, 0.4) is 0 Å². The highest BCUT2D eigenvalue weighted by Gasteiger charge is 2.20. The molecule has 1 unspecified atom stereocenters. The van der Waals surface area contributed by atoms with Gasteiger partial charge in [-0.2, -0.15) is 0 Å². The molecule has 3 N–H and O–H groups in total. The molecule has 0 aromatic carbocycles. The van der Waals surface area contributed by atoms with E-state index in [1.54, 1.807) is 27.0 Å². The number of thiazole rings is 1. The van der Waals surface area contributed by atoms with E-state index in [2.05, 4.69) is 30.9 Å². The third-order valence-corrected chi connectivity index (χ3v) is 5.34.